The van der Waals surface area contributed by atoms with Crippen molar-refractivity contribution in [3.63, 3.8) is 0 Å². The van der Waals surface area contributed by atoms with Crippen molar-refractivity contribution in [2.75, 3.05) is 7.11 Å². The molecule has 0 unspecified atom stereocenters. The second-order valence-corrected chi connectivity index (χ2v) is 4.06. The average Bonchev–Trinajstić information content (AvgIpc) is 2.45. The minimum absolute atomic E-state index is 0.111. The predicted octanol–water partition coefficient (Wildman–Crippen LogP) is 2.63. The van der Waals surface area contributed by atoms with Crippen molar-refractivity contribution < 1.29 is 14.4 Å². The van der Waals surface area contributed by atoms with Gasteiger partial charge in [0.15, 0.2) is 0 Å². The van der Waals surface area contributed by atoms with Crippen molar-refractivity contribution in [1.29, 1.82) is 0 Å². The molecule has 0 atom stereocenters. The number of hydrogen-bond donors (Lipinski definition) is 0. The Labute approximate surface area is 119 Å². The van der Waals surface area contributed by atoms with Crippen LogP contribution in [0.15, 0.2) is 30.5 Å². The summed E-state index contributed by atoms with van der Waals surface area (Å²) in [6, 6.07) is 7.10. The van der Waals surface area contributed by atoms with Crippen LogP contribution in [0.3, 0.4) is 0 Å². The number of ether oxygens (including phenoxy) is 2. The Morgan fingerprint density at radius 1 is 1.35 bits per heavy atom. The molecule has 0 fully saturated rings. The average molecular weight is 296 g/mol. The van der Waals surface area contributed by atoms with Crippen molar-refractivity contribution in [1.82, 2.24) is 9.97 Å². The fourth-order valence-corrected chi connectivity index (χ4v) is 1.57. The molecule has 2 rings (SSSR count). The molecule has 0 saturated carbocycles. The number of halogens is 1. The third-order valence-electron chi connectivity index (χ3n) is 2.44. The van der Waals surface area contributed by atoms with Gasteiger partial charge in [-0.2, -0.15) is 4.98 Å². The quantitative estimate of drug-likeness (QED) is 0.479. The molecule has 2 aromatic rings. The minimum atomic E-state index is -0.625. The van der Waals surface area contributed by atoms with Crippen LogP contribution >= 0.6 is 11.6 Å². The predicted molar refractivity (Wildman–Crippen MR) is 71.0 cm³/mol. The number of aromatic nitrogens is 2. The molecule has 0 amide bonds. The molecule has 0 N–H and O–H groups in total. The first-order valence-corrected chi connectivity index (χ1v) is 5.90. The molecule has 1 aromatic carbocycles. The van der Waals surface area contributed by atoms with Crippen LogP contribution in [0.1, 0.15) is 5.56 Å². The van der Waals surface area contributed by atoms with E-state index < -0.39 is 4.92 Å². The Hall–Kier alpha value is -2.41. The molecule has 7 nitrogen and oxygen atoms in total. The maximum Gasteiger partial charge on any atom is 0.349 e. The van der Waals surface area contributed by atoms with Crippen molar-refractivity contribution in [2.45, 2.75) is 6.61 Å². The Kier molecular flexibility index (Phi) is 4.31. The lowest BCUT2D eigenvalue weighted by molar-refractivity contribution is -0.386. The summed E-state index contributed by atoms with van der Waals surface area (Å²) in [4.78, 5) is 17.5. The molecular weight excluding hydrogens is 286 g/mol. The topological polar surface area (TPSA) is 87.4 Å². The second-order valence-electron chi connectivity index (χ2n) is 3.72. The number of nitrogens with zero attached hydrogens (tertiary/aromatic N) is 3. The number of nitro groups is 1. The van der Waals surface area contributed by atoms with Crippen LogP contribution in [0.4, 0.5) is 5.69 Å². The van der Waals surface area contributed by atoms with Gasteiger partial charge in [0.1, 0.15) is 18.6 Å². The van der Waals surface area contributed by atoms with Gasteiger partial charge in [0.25, 0.3) is 5.88 Å². The second kappa shape index (κ2) is 6.16. The van der Waals surface area contributed by atoms with Crippen LogP contribution in [0.2, 0.25) is 5.28 Å². The highest BCUT2D eigenvalue weighted by Gasteiger charge is 2.18. The fourth-order valence-electron chi connectivity index (χ4n) is 1.44. The molecule has 0 bridgehead atoms. The summed E-state index contributed by atoms with van der Waals surface area (Å²) < 4.78 is 10.4. The molecule has 0 radical (unpaired) electrons. The first-order chi connectivity index (χ1) is 9.60. The zero-order chi connectivity index (χ0) is 14.5. The minimum Gasteiger partial charge on any atom is -0.497 e. The Bertz CT molecular complexity index is 619. The molecule has 0 spiro atoms. The van der Waals surface area contributed by atoms with Gasteiger partial charge in [0.05, 0.1) is 12.0 Å². The van der Waals surface area contributed by atoms with Gasteiger partial charge < -0.3 is 9.47 Å². The van der Waals surface area contributed by atoms with Gasteiger partial charge in [-0.25, -0.2) is 4.98 Å². The Morgan fingerprint density at radius 3 is 2.65 bits per heavy atom. The van der Waals surface area contributed by atoms with Gasteiger partial charge in [-0.15, -0.1) is 0 Å². The molecule has 20 heavy (non-hydrogen) atoms. The van der Waals surface area contributed by atoms with Gasteiger partial charge in [0, 0.05) is 0 Å². The highest BCUT2D eigenvalue weighted by molar-refractivity contribution is 6.28. The van der Waals surface area contributed by atoms with Crippen LogP contribution in [0.25, 0.3) is 0 Å². The molecule has 0 aliphatic carbocycles. The van der Waals surface area contributed by atoms with Crippen molar-refractivity contribution in [3.8, 4) is 11.6 Å². The van der Waals surface area contributed by atoms with E-state index in [0.29, 0.717) is 5.75 Å². The van der Waals surface area contributed by atoms with E-state index in [1.54, 1.807) is 31.4 Å². The molecule has 1 aromatic heterocycles. The summed E-state index contributed by atoms with van der Waals surface area (Å²) in [6.07, 6.45) is 1.01. The van der Waals surface area contributed by atoms with E-state index in [1.165, 1.54) is 0 Å². The van der Waals surface area contributed by atoms with Crippen molar-refractivity contribution in [3.05, 3.63) is 51.4 Å². The van der Waals surface area contributed by atoms with Gasteiger partial charge in [-0.05, 0) is 29.3 Å². The third kappa shape index (κ3) is 3.33. The SMILES string of the molecule is COc1ccc(COc2nc(Cl)ncc2[N+](=O)[O-])cc1. The molecule has 1 heterocycles. The van der Waals surface area contributed by atoms with Crippen LogP contribution in [0, 0.1) is 10.1 Å². The highest BCUT2D eigenvalue weighted by Crippen LogP contribution is 2.25. The van der Waals surface area contributed by atoms with E-state index in [2.05, 4.69) is 9.97 Å². The van der Waals surface area contributed by atoms with Crippen molar-refractivity contribution >= 4 is 17.3 Å². The van der Waals surface area contributed by atoms with Crippen LogP contribution < -0.4 is 9.47 Å². The number of rotatable bonds is 5. The summed E-state index contributed by atoms with van der Waals surface area (Å²) in [5.74, 6) is 0.552. The van der Waals surface area contributed by atoms with E-state index in [0.717, 1.165) is 11.8 Å². The van der Waals surface area contributed by atoms with Gasteiger partial charge >= 0.3 is 5.69 Å². The lowest BCUT2D eigenvalue weighted by atomic mass is 10.2. The molecular formula is C12H10ClN3O4. The molecule has 0 aliphatic heterocycles. The fraction of sp³-hybridized carbons (Fsp3) is 0.167. The van der Waals surface area contributed by atoms with E-state index in [-0.39, 0.29) is 23.5 Å². The maximum absolute atomic E-state index is 10.8. The summed E-state index contributed by atoms with van der Waals surface area (Å²) >= 11 is 5.60. The van der Waals surface area contributed by atoms with E-state index in [9.17, 15) is 10.1 Å². The normalized spacial score (nSPS) is 10.1. The van der Waals surface area contributed by atoms with E-state index in [4.69, 9.17) is 21.1 Å². The van der Waals surface area contributed by atoms with Gasteiger partial charge in [-0.3, -0.25) is 10.1 Å². The maximum atomic E-state index is 10.8. The number of methoxy groups -OCH3 is 1. The first-order valence-electron chi connectivity index (χ1n) is 5.53. The van der Waals surface area contributed by atoms with Crippen LogP contribution in [-0.2, 0) is 6.61 Å². The number of hydrogen-bond acceptors (Lipinski definition) is 6. The summed E-state index contributed by atoms with van der Waals surface area (Å²) in [5.41, 5.74) is 0.484. The summed E-state index contributed by atoms with van der Waals surface area (Å²) in [5, 5.41) is 10.7. The van der Waals surface area contributed by atoms with Crippen LogP contribution in [0.5, 0.6) is 11.6 Å². The zero-order valence-corrected chi connectivity index (χ0v) is 11.2. The highest BCUT2D eigenvalue weighted by atomic mass is 35.5. The van der Waals surface area contributed by atoms with Gasteiger partial charge in [-0.1, -0.05) is 12.1 Å². The monoisotopic (exact) mass is 295 g/mol. The lowest BCUT2D eigenvalue weighted by Gasteiger charge is -2.06. The smallest absolute Gasteiger partial charge is 0.349 e. The zero-order valence-electron chi connectivity index (χ0n) is 10.4. The Morgan fingerprint density at radius 2 is 2.05 bits per heavy atom. The van der Waals surface area contributed by atoms with Crippen LogP contribution in [-0.4, -0.2) is 22.0 Å². The standard InChI is InChI=1S/C12H10ClN3O4/c1-19-9-4-2-8(3-5-9)7-20-11-10(16(17)18)6-14-12(13)15-11/h2-6H,7H2,1H3. The van der Waals surface area contributed by atoms with E-state index >= 15 is 0 Å². The lowest BCUT2D eigenvalue weighted by Crippen LogP contribution is -2.02. The first kappa shape index (κ1) is 14.0. The van der Waals surface area contributed by atoms with Crippen molar-refractivity contribution in [2.24, 2.45) is 0 Å². The largest absolute Gasteiger partial charge is 0.497 e. The summed E-state index contributed by atoms with van der Waals surface area (Å²) in [6.45, 7) is 0.123. The molecule has 0 saturated heterocycles. The molecule has 8 heteroatoms. The molecule has 0 aliphatic rings. The third-order valence-corrected chi connectivity index (χ3v) is 2.62. The van der Waals surface area contributed by atoms with Gasteiger partial charge in [0.2, 0.25) is 5.28 Å². The summed E-state index contributed by atoms with van der Waals surface area (Å²) in [7, 11) is 1.57. The molecule has 104 valence electrons. The number of benzene rings is 1. The Balaban J connectivity index is 2.13. The van der Waals surface area contributed by atoms with E-state index in [1.807, 2.05) is 0 Å².